The number of rotatable bonds is 10. The Balaban J connectivity index is 1.75. The lowest BCUT2D eigenvalue weighted by Gasteiger charge is -2.22. The maximum Gasteiger partial charge on any atom is 0.252 e. The van der Waals surface area contributed by atoms with Crippen molar-refractivity contribution in [1.29, 1.82) is 0 Å². The smallest absolute Gasteiger partial charge is 0.252 e. The van der Waals surface area contributed by atoms with Crippen LogP contribution in [0.3, 0.4) is 0 Å². The number of aliphatic hydroxyl groups excluding tert-OH is 1. The van der Waals surface area contributed by atoms with E-state index < -0.39 is 23.7 Å². The second-order valence-electron chi connectivity index (χ2n) is 9.90. The van der Waals surface area contributed by atoms with Crippen LogP contribution in [0.2, 0.25) is 5.02 Å². The number of pyridine rings is 1. The fraction of sp³-hybridized carbons (Fsp3) is 0.219. The van der Waals surface area contributed by atoms with Gasteiger partial charge in [-0.25, -0.2) is 0 Å². The second-order valence-corrected chi connectivity index (χ2v) is 10.3. The fourth-order valence-electron chi connectivity index (χ4n) is 4.61. The minimum absolute atomic E-state index is 0.187. The standard InChI is InChI=1S/C32H32ClN3O5/c1-20(37)25-15-12-23(33)17-26(25)27-18-30(38)36(19-29(27)41-4)28(16-21-8-6-5-7-9-21)31(39)34-24-13-10-22(11-14-24)32(40)35(2)3/h5-15,17-19,28,32,40H,16H2,1-4H3,(H,34,39). The normalized spacial score (nSPS) is 12.6. The first kappa shape index (κ1) is 29.7. The van der Waals surface area contributed by atoms with E-state index in [-0.39, 0.29) is 12.2 Å². The molecule has 3 aromatic carbocycles. The first-order valence-corrected chi connectivity index (χ1v) is 13.4. The molecule has 2 atom stereocenters. The molecular formula is C32H32ClN3O5. The Labute approximate surface area is 243 Å². The summed E-state index contributed by atoms with van der Waals surface area (Å²) >= 11 is 6.24. The molecule has 0 spiro atoms. The van der Waals surface area contributed by atoms with Crippen LogP contribution in [0.1, 0.15) is 40.7 Å². The molecular weight excluding hydrogens is 542 g/mol. The number of methoxy groups -OCH3 is 1. The van der Waals surface area contributed by atoms with Gasteiger partial charge in [0.15, 0.2) is 5.78 Å². The number of anilines is 1. The van der Waals surface area contributed by atoms with Gasteiger partial charge in [0.1, 0.15) is 18.0 Å². The van der Waals surface area contributed by atoms with Crippen LogP contribution in [0.4, 0.5) is 5.69 Å². The average molecular weight is 574 g/mol. The predicted octanol–water partition coefficient (Wildman–Crippen LogP) is 5.35. The Kier molecular flexibility index (Phi) is 9.39. The monoisotopic (exact) mass is 573 g/mol. The lowest BCUT2D eigenvalue weighted by molar-refractivity contribution is -0.119. The molecule has 1 amide bonds. The molecule has 2 unspecified atom stereocenters. The fourth-order valence-corrected chi connectivity index (χ4v) is 4.78. The summed E-state index contributed by atoms with van der Waals surface area (Å²) in [4.78, 5) is 41.3. The van der Waals surface area contributed by atoms with Crippen LogP contribution in [-0.2, 0) is 11.2 Å². The van der Waals surface area contributed by atoms with Crippen molar-refractivity contribution in [3.8, 4) is 16.9 Å². The highest BCUT2D eigenvalue weighted by Gasteiger charge is 2.25. The van der Waals surface area contributed by atoms with Crippen LogP contribution in [0.25, 0.3) is 11.1 Å². The van der Waals surface area contributed by atoms with Gasteiger partial charge in [-0.05, 0) is 68.0 Å². The van der Waals surface area contributed by atoms with E-state index in [0.717, 1.165) is 5.56 Å². The molecule has 0 bridgehead atoms. The minimum Gasteiger partial charge on any atom is -0.495 e. The number of ether oxygens (including phenoxy) is 1. The molecule has 0 aliphatic rings. The van der Waals surface area contributed by atoms with Crippen molar-refractivity contribution in [2.75, 3.05) is 26.5 Å². The van der Waals surface area contributed by atoms with E-state index in [1.807, 2.05) is 30.3 Å². The van der Waals surface area contributed by atoms with Gasteiger partial charge >= 0.3 is 0 Å². The molecule has 4 aromatic rings. The average Bonchev–Trinajstić information content (AvgIpc) is 2.96. The summed E-state index contributed by atoms with van der Waals surface area (Å²) in [6.45, 7) is 1.44. The highest BCUT2D eigenvalue weighted by atomic mass is 35.5. The lowest BCUT2D eigenvalue weighted by Crippen LogP contribution is -2.34. The van der Waals surface area contributed by atoms with Gasteiger partial charge in [0.2, 0.25) is 5.91 Å². The largest absolute Gasteiger partial charge is 0.495 e. The van der Waals surface area contributed by atoms with E-state index >= 15 is 0 Å². The van der Waals surface area contributed by atoms with E-state index in [1.54, 1.807) is 61.5 Å². The Morgan fingerprint density at radius 1 is 1.00 bits per heavy atom. The summed E-state index contributed by atoms with van der Waals surface area (Å²) in [6, 6.07) is 21.5. The first-order valence-electron chi connectivity index (χ1n) is 13.0. The number of hydrogen-bond donors (Lipinski definition) is 2. The van der Waals surface area contributed by atoms with Crippen molar-refractivity contribution in [2.45, 2.75) is 25.6 Å². The van der Waals surface area contributed by atoms with E-state index in [2.05, 4.69) is 5.32 Å². The summed E-state index contributed by atoms with van der Waals surface area (Å²) < 4.78 is 6.99. The number of carbonyl (C=O) groups is 2. The maximum absolute atomic E-state index is 13.7. The van der Waals surface area contributed by atoms with Gasteiger partial charge in [-0.2, -0.15) is 0 Å². The Hall–Kier alpha value is -4.24. The quantitative estimate of drug-likeness (QED) is 0.196. The molecule has 1 heterocycles. The summed E-state index contributed by atoms with van der Waals surface area (Å²) in [5, 5.41) is 13.6. The summed E-state index contributed by atoms with van der Waals surface area (Å²) in [7, 11) is 4.99. The number of nitrogens with one attached hydrogen (secondary N) is 1. The van der Waals surface area contributed by atoms with Crippen molar-refractivity contribution in [1.82, 2.24) is 9.47 Å². The maximum atomic E-state index is 13.7. The number of hydrogen-bond acceptors (Lipinski definition) is 6. The lowest BCUT2D eigenvalue weighted by atomic mass is 9.97. The van der Waals surface area contributed by atoms with Gasteiger partial charge in [0, 0.05) is 34.3 Å². The molecule has 9 heteroatoms. The number of ketones is 1. The van der Waals surface area contributed by atoms with Gasteiger partial charge < -0.3 is 15.2 Å². The van der Waals surface area contributed by atoms with Crippen LogP contribution in [0, 0.1) is 0 Å². The van der Waals surface area contributed by atoms with Crippen LogP contribution in [0.15, 0.2) is 89.9 Å². The van der Waals surface area contributed by atoms with Crippen LogP contribution in [0.5, 0.6) is 5.75 Å². The zero-order chi connectivity index (χ0) is 29.7. The number of aliphatic hydroxyl groups is 1. The Bertz CT molecular complexity index is 1600. The molecule has 0 fully saturated rings. The van der Waals surface area contributed by atoms with Gasteiger partial charge in [-0.3, -0.25) is 23.9 Å². The molecule has 1 aromatic heterocycles. The molecule has 2 N–H and O–H groups in total. The number of amides is 1. The SMILES string of the molecule is COc1cn(C(Cc2ccccc2)C(=O)Nc2ccc(C(O)N(C)C)cc2)c(=O)cc1-c1cc(Cl)ccc1C(C)=O. The molecule has 0 aliphatic carbocycles. The summed E-state index contributed by atoms with van der Waals surface area (Å²) in [5.74, 6) is -0.283. The van der Waals surface area contributed by atoms with E-state index in [0.29, 0.717) is 38.7 Å². The number of benzene rings is 3. The number of nitrogens with zero attached hydrogens (tertiary/aromatic N) is 2. The zero-order valence-corrected chi connectivity index (χ0v) is 24.1. The van der Waals surface area contributed by atoms with Crippen LogP contribution in [-0.4, -0.2) is 47.5 Å². The minimum atomic E-state index is -0.925. The van der Waals surface area contributed by atoms with Gasteiger partial charge in [0.05, 0.1) is 13.3 Å². The van der Waals surface area contributed by atoms with Crippen molar-refractivity contribution >= 4 is 29.0 Å². The van der Waals surface area contributed by atoms with Gasteiger partial charge in [-0.15, -0.1) is 0 Å². The number of carbonyl (C=O) groups excluding carboxylic acids is 2. The third-order valence-electron chi connectivity index (χ3n) is 6.79. The predicted molar refractivity (Wildman–Crippen MR) is 161 cm³/mol. The Morgan fingerprint density at radius 3 is 2.29 bits per heavy atom. The highest BCUT2D eigenvalue weighted by molar-refractivity contribution is 6.31. The van der Waals surface area contributed by atoms with E-state index in [9.17, 15) is 19.5 Å². The molecule has 0 aliphatic heterocycles. The van der Waals surface area contributed by atoms with Gasteiger partial charge in [-0.1, -0.05) is 54.1 Å². The third-order valence-corrected chi connectivity index (χ3v) is 7.03. The zero-order valence-electron chi connectivity index (χ0n) is 23.3. The van der Waals surface area contributed by atoms with Crippen molar-refractivity contribution in [3.05, 3.63) is 117 Å². The van der Waals surface area contributed by atoms with E-state index in [4.69, 9.17) is 16.3 Å². The third kappa shape index (κ3) is 6.92. The molecule has 0 saturated heterocycles. The summed E-state index contributed by atoms with van der Waals surface area (Å²) in [6.07, 6.45) is 0.951. The Morgan fingerprint density at radius 2 is 1.68 bits per heavy atom. The first-order chi connectivity index (χ1) is 19.6. The second kappa shape index (κ2) is 13.0. The number of halogens is 1. The highest BCUT2D eigenvalue weighted by Crippen LogP contribution is 2.34. The van der Waals surface area contributed by atoms with Crippen LogP contribution < -0.4 is 15.6 Å². The topological polar surface area (TPSA) is 101 Å². The van der Waals surface area contributed by atoms with Gasteiger partial charge in [0.25, 0.3) is 5.56 Å². The van der Waals surface area contributed by atoms with Crippen molar-refractivity contribution in [2.24, 2.45) is 0 Å². The van der Waals surface area contributed by atoms with Crippen LogP contribution >= 0.6 is 11.6 Å². The molecule has 0 radical (unpaired) electrons. The van der Waals surface area contributed by atoms with Crippen molar-refractivity contribution < 1.29 is 19.4 Å². The molecule has 4 rings (SSSR count). The van der Waals surface area contributed by atoms with Crippen molar-refractivity contribution in [3.63, 3.8) is 0 Å². The number of Topliss-reactive ketones (excluding diaryl/α,β-unsaturated/α-hetero) is 1. The number of aromatic nitrogens is 1. The van der Waals surface area contributed by atoms with E-state index in [1.165, 1.54) is 30.9 Å². The molecule has 0 saturated carbocycles. The molecule has 41 heavy (non-hydrogen) atoms. The molecule has 212 valence electrons. The summed E-state index contributed by atoms with van der Waals surface area (Å²) in [5.41, 5.74) is 2.87. The molecule has 8 nitrogen and oxygen atoms in total.